The molecule has 3 N–H and O–H groups in total. The smallest absolute Gasteiger partial charge is 0.185 e. The SMILES string of the molecule is COc1ccc(CNc2nc(N)c(C(=O)C3C=C(C)SC3C)s2)cc1. The molecule has 0 radical (unpaired) electrons. The second-order valence-electron chi connectivity index (χ2n) is 5.93. The number of aromatic nitrogens is 1. The molecule has 0 aliphatic carbocycles. The second kappa shape index (κ2) is 7.49. The first-order valence-corrected chi connectivity index (χ1v) is 9.70. The summed E-state index contributed by atoms with van der Waals surface area (Å²) in [6.45, 7) is 4.71. The molecule has 25 heavy (non-hydrogen) atoms. The maximum absolute atomic E-state index is 12.8. The molecule has 3 rings (SSSR count). The Hall–Kier alpha value is -1.99. The van der Waals surface area contributed by atoms with E-state index in [-0.39, 0.29) is 17.0 Å². The van der Waals surface area contributed by atoms with Crippen molar-refractivity contribution < 1.29 is 9.53 Å². The number of Topliss-reactive ketones (excluding diaryl/α,β-unsaturated/α-hetero) is 1. The number of thioether (sulfide) groups is 1. The van der Waals surface area contributed by atoms with Gasteiger partial charge in [-0.1, -0.05) is 36.5 Å². The number of nitrogens with zero attached hydrogens (tertiary/aromatic N) is 1. The standard InChI is InChI=1S/C18H21N3O2S2/c1-10-8-14(11(2)24-10)15(22)16-17(19)21-18(25-16)20-9-12-4-6-13(23-3)7-5-12/h4-8,11,14H,9,19H2,1-3H3,(H,20,21). The number of methoxy groups -OCH3 is 1. The summed E-state index contributed by atoms with van der Waals surface area (Å²) in [5.74, 6) is 1.07. The number of ketones is 1. The maximum atomic E-state index is 12.8. The summed E-state index contributed by atoms with van der Waals surface area (Å²) in [4.78, 5) is 18.8. The molecule has 0 saturated heterocycles. The molecule has 132 valence electrons. The van der Waals surface area contributed by atoms with Crippen molar-refractivity contribution in [3.05, 3.63) is 45.7 Å². The fourth-order valence-corrected chi connectivity index (χ4v) is 4.77. The highest BCUT2D eigenvalue weighted by atomic mass is 32.2. The van der Waals surface area contributed by atoms with Crippen molar-refractivity contribution in [1.29, 1.82) is 0 Å². The first kappa shape index (κ1) is 17.8. The van der Waals surface area contributed by atoms with Crippen LogP contribution in [0.2, 0.25) is 0 Å². The summed E-state index contributed by atoms with van der Waals surface area (Å²) in [5, 5.41) is 4.14. The molecule has 2 atom stereocenters. The number of carbonyl (C=O) groups is 1. The van der Waals surface area contributed by atoms with Gasteiger partial charge in [-0.25, -0.2) is 4.98 Å². The minimum absolute atomic E-state index is 0.0596. The molecule has 2 aromatic rings. The molecule has 0 saturated carbocycles. The highest BCUT2D eigenvalue weighted by Gasteiger charge is 2.32. The number of thiazole rings is 1. The molecule has 0 amide bonds. The molecule has 0 bridgehead atoms. The molecule has 1 aromatic heterocycles. The molecule has 2 unspecified atom stereocenters. The summed E-state index contributed by atoms with van der Waals surface area (Å²) in [7, 11) is 1.64. The van der Waals surface area contributed by atoms with Crippen LogP contribution in [0, 0.1) is 5.92 Å². The first-order chi connectivity index (χ1) is 12.0. The number of hydrogen-bond acceptors (Lipinski definition) is 7. The molecule has 1 aliphatic rings. The highest BCUT2D eigenvalue weighted by molar-refractivity contribution is 8.03. The Morgan fingerprint density at radius 2 is 2.08 bits per heavy atom. The van der Waals surface area contributed by atoms with Crippen LogP contribution < -0.4 is 15.8 Å². The van der Waals surface area contributed by atoms with E-state index in [1.807, 2.05) is 37.3 Å². The molecule has 0 spiro atoms. The molecule has 1 aromatic carbocycles. The summed E-state index contributed by atoms with van der Waals surface area (Å²) >= 11 is 3.06. The Labute approximate surface area is 155 Å². The number of nitrogens with two attached hydrogens (primary N) is 1. The van der Waals surface area contributed by atoms with Crippen LogP contribution in [0.25, 0.3) is 0 Å². The van der Waals surface area contributed by atoms with E-state index < -0.39 is 0 Å². The quantitative estimate of drug-likeness (QED) is 0.738. The van der Waals surface area contributed by atoms with Crippen LogP contribution in [-0.4, -0.2) is 23.1 Å². The van der Waals surface area contributed by atoms with Crippen LogP contribution in [0.4, 0.5) is 10.9 Å². The van der Waals surface area contributed by atoms with Crippen LogP contribution in [0.3, 0.4) is 0 Å². The monoisotopic (exact) mass is 375 g/mol. The number of ether oxygens (including phenoxy) is 1. The van der Waals surface area contributed by atoms with E-state index in [2.05, 4.69) is 17.2 Å². The van der Waals surface area contributed by atoms with E-state index in [9.17, 15) is 4.79 Å². The average Bonchev–Trinajstić information content (AvgIpc) is 3.14. The van der Waals surface area contributed by atoms with Crippen molar-refractivity contribution in [2.45, 2.75) is 25.6 Å². The lowest BCUT2D eigenvalue weighted by molar-refractivity contribution is 0.0951. The van der Waals surface area contributed by atoms with Crippen LogP contribution >= 0.6 is 23.1 Å². The maximum Gasteiger partial charge on any atom is 0.185 e. The number of rotatable bonds is 6. The van der Waals surface area contributed by atoms with Gasteiger partial charge in [0.25, 0.3) is 0 Å². The summed E-state index contributed by atoms with van der Waals surface area (Å²) < 4.78 is 5.15. The van der Waals surface area contributed by atoms with Crippen molar-refractivity contribution in [1.82, 2.24) is 4.98 Å². The summed E-state index contributed by atoms with van der Waals surface area (Å²) in [6, 6.07) is 7.80. The number of nitrogens with one attached hydrogen (secondary N) is 1. The molecule has 2 heterocycles. The van der Waals surface area contributed by atoms with E-state index in [1.54, 1.807) is 18.9 Å². The van der Waals surface area contributed by atoms with Crippen LogP contribution in [0.15, 0.2) is 35.2 Å². The number of nitrogen functional groups attached to an aromatic ring is 1. The van der Waals surface area contributed by atoms with Crippen LogP contribution in [0.5, 0.6) is 5.75 Å². The lowest BCUT2D eigenvalue weighted by Crippen LogP contribution is -2.19. The van der Waals surface area contributed by atoms with E-state index >= 15 is 0 Å². The molecule has 1 aliphatic heterocycles. The predicted octanol–water partition coefficient (Wildman–Crippen LogP) is 4.18. The zero-order valence-corrected chi connectivity index (χ0v) is 16.0. The van der Waals surface area contributed by atoms with Gasteiger partial charge in [0.2, 0.25) is 0 Å². The highest BCUT2D eigenvalue weighted by Crippen LogP contribution is 2.39. The number of benzene rings is 1. The third kappa shape index (κ3) is 3.99. The Morgan fingerprint density at radius 1 is 1.36 bits per heavy atom. The van der Waals surface area contributed by atoms with Gasteiger partial charge >= 0.3 is 0 Å². The minimum atomic E-state index is -0.123. The first-order valence-electron chi connectivity index (χ1n) is 8.00. The lowest BCUT2D eigenvalue weighted by atomic mass is 9.99. The molecule has 7 heteroatoms. The molecular formula is C18H21N3O2S2. The third-order valence-corrected chi connectivity index (χ3v) is 6.29. The van der Waals surface area contributed by atoms with Crippen molar-refractivity contribution in [2.24, 2.45) is 5.92 Å². The number of hydrogen-bond donors (Lipinski definition) is 2. The van der Waals surface area contributed by atoms with Gasteiger partial charge in [0.05, 0.1) is 13.0 Å². The van der Waals surface area contributed by atoms with Crippen molar-refractivity contribution in [3.8, 4) is 5.75 Å². The zero-order valence-electron chi connectivity index (χ0n) is 14.4. The van der Waals surface area contributed by atoms with E-state index in [0.717, 1.165) is 11.3 Å². The Kier molecular flexibility index (Phi) is 5.34. The number of anilines is 2. The van der Waals surface area contributed by atoms with Gasteiger partial charge in [-0.2, -0.15) is 0 Å². The third-order valence-electron chi connectivity index (χ3n) is 4.07. The summed E-state index contributed by atoms with van der Waals surface area (Å²) in [5.41, 5.74) is 7.09. The minimum Gasteiger partial charge on any atom is -0.497 e. The van der Waals surface area contributed by atoms with Crippen LogP contribution in [-0.2, 0) is 6.54 Å². The van der Waals surface area contributed by atoms with Gasteiger partial charge < -0.3 is 15.8 Å². The number of carbonyl (C=O) groups excluding carboxylic acids is 1. The Morgan fingerprint density at radius 3 is 2.68 bits per heavy atom. The van der Waals surface area contributed by atoms with Gasteiger partial charge in [-0.3, -0.25) is 4.79 Å². The predicted molar refractivity (Wildman–Crippen MR) is 105 cm³/mol. The van der Waals surface area contributed by atoms with Gasteiger partial charge in [0.15, 0.2) is 10.9 Å². The van der Waals surface area contributed by atoms with Gasteiger partial charge in [0.1, 0.15) is 16.4 Å². The zero-order chi connectivity index (χ0) is 18.0. The normalized spacial score (nSPS) is 19.6. The van der Waals surface area contributed by atoms with Crippen molar-refractivity contribution >= 4 is 39.8 Å². The molecule has 0 fully saturated rings. The fourth-order valence-electron chi connectivity index (χ4n) is 2.74. The van der Waals surface area contributed by atoms with Crippen molar-refractivity contribution in [3.63, 3.8) is 0 Å². The van der Waals surface area contributed by atoms with Gasteiger partial charge in [-0.15, -0.1) is 11.8 Å². The average molecular weight is 376 g/mol. The van der Waals surface area contributed by atoms with E-state index in [1.165, 1.54) is 16.2 Å². The second-order valence-corrected chi connectivity index (χ2v) is 8.55. The lowest BCUT2D eigenvalue weighted by Gasteiger charge is -2.11. The largest absolute Gasteiger partial charge is 0.497 e. The summed E-state index contributed by atoms with van der Waals surface area (Å²) in [6.07, 6.45) is 2.03. The van der Waals surface area contributed by atoms with Gasteiger partial charge in [-0.05, 0) is 29.5 Å². The van der Waals surface area contributed by atoms with Gasteiger partial charge in [0, 0.05) is 11.8 Å². The number of allylic oxidation sites excluding steroid dienone is 2. The fraction of sp³-hybridized carbons (Fsp3) is 0.333. The Bertz CT molecular complexity index is 799. The van der Waals surface area contributed by atoms with E-state index in [4.69, 9.17) is 10.5 Å². The topological polar surface area (TPSA) is 77.2 Å². The molecule has 5 nitrogen and oxygen atoms in total. The van der Waals surface area contributed by atoms with Crippen molar-refractivity contribution in [2.75, 3.05) is 18.2 Å². The Balaban J connectivity index is 1.68. The van der Waals surface area contributed by atoms with E-state index in [0.29, 0.717) is 22.4 Å². The van der Waals surface area contributed by atoms with Crippen LogP contribution in [0.1, 0.15) is 29.1 Å². The molecular weight excluding hydrogens is 354 g/mol.